The van der Waals surface area contributed by atoms with Crippen molar-refractivity contribution in [3.8, 4) is 11.4 Å². The molecule has 10 heteroatoms. The molecule has 2 aromatic rings. The summed E-state index contributed by atoms with van der Waals surface area (Å²) in [5, 5.41) is 18.8. The van der Waals surface area contributed by atoms with Gasteiger partial charge in [0.15, 0.2) is 5.82 Å². The van der Waals surface area contributed by atoms with E-state index in [0.29, 0.717) is 11.7 Å². The lowest BCUT2D eigenvalue weighted by Gasteiger charge is -2.19. The van der Waals surface area contributed by atoms with Gasteiger partial charge in [0.25, 0.3) is 0 Å². The van der Waals surface area contributed by atoms with Gasteiger partial charge in [-0.05, 0) is 50.2 Å². The largest absolute Gasteiger partial charge is 0.490 e. The van der Waals surface area contributed by atoms with Crippen LogP contribution in [0.25, 0.3) is 11.4 Å². The average molecular weight is 360 g/mol. The standard InChI is InChI=1S/C13H15FN4.C2HF3O2/c14-11-3-1-9(2-4-11)12-16-13(18-17-12)10-5-7-15-8-6-10;3-2(4,5)1(6)7/h1-4,10,15H,5-8H2,(H,16,17,18);(H,6,7). The molecular weight excluding hydrogens is 344 g/mol. The van der Waals surface area contributed by atoms with E-state index < -0.39 is 12.1 Å². The van der Waals surface area contributed by atoms with Crippen LogP contribution in [0, 0.1) is 5.82 Å². The molecule has 1 aliphatic rings. The number of alkyl halides is 3. The van der Waals surface area contributed by atoms with Crippen molar-refractivity contribution in [2.24, 2.45) is 0 Å². The van der Waals surface area contributed by atoms with Crippen molar-refractivity contribution in [3.05, 3.63) is 35.9 Å². The van der Waals surface area contributed by atoms with Crippen LogP contribution in [0.2, 0.25) is 0 Å². The summed E-state index contributed by atoms with van der Waals surface area (Å²) in [5.74, 6) is -0.892. The molecule has 1 aromatic heterocycles. The summed E-state index contributed by atoms with van der Waals surface area (Å²) in [6.07, 6.45) is -2.92. The number of aromatic nitrogens is 3. The highest BCUT2D eigenvalue weighted by molar-refractivity contribution is 5.73. The van der Waals surface area contributed by atoms with Crippen molar-refractivity contribution in [2.45, 2.75) is 24.9 Å². The smallest absolute Gasteiger partial charge is 0.475 e. The van der Waals surface area contributed by atoms with Gasteiger partial charge < -0.3 is 15.4 Å². The molecule has 6 nitrogen and oxygen atoms in total. The molecule has 0 saturated carbocycles. The Morgan fingerprint density at radius 3 is 2.20 bits per heavy atom. The van der Waals surface area contributed by atoms with Crippen LogP contribution in [-0.2, 0) is 4.79 Å². The second-order valence-electron chi connectivity index (χ2n) is 5.39. The van der Waals surface area contributed by atoms with Gasteiger partial charge in [-0.25, -0.2) is 9.18 Å². The van der Waals surface area contributed by atoms with Crippen LogP contribution in [0.1, 0.15) is 24.6 Å². The van der Waals surface area contributed by atoms with Crippen molar-refractivity contribution in [1.82, 2.24) is 20.5 Å². The fourth-order valence-electron chi connectivity index (χ4n) is 2.29. The number of hydrogen-bond donors (Lipinski definition) is 3. The molecule has 1 aromatic carbocycles. The minimum Gasteiger partial charge on any atom is -0.475 e. The van der Waals surface area contributed by atoms with Crippen LogP contribution in [0.4, 0.5) is 17.6 Å². The molecule has 3 rings (SSSR count). The molecule has 0 atom stereocenters. The maximum absolute atomic E-state index is 12.8. The summed E-state index contributed by atoms with van der Waals surface area (Å²) < 4.78 is 44.6. The zero-order valence-corrected chi connectivity index (χ0v) is 13.0. The van der Waals surface area contributed by atoms with Gasteiger partial charge in [-0.2, -0.15) is 13.2 Å². The molecule has 2 heterocycles. The van der Waals surface area contributed by atoms with E-state index in [-0.39, 0.29) is 5.82 Å². The molecule has 0 amide bonds. The molecule has 25 heavy (non-hydrogen) atoms. The van der Waals surface area contributed by atoms with E-state index in [0.717, 1.165) is 37.3 Å². The number of piperidine rings is 1. The van der Waals surface area contributed by atoms with Crippen LogP contribution < -0.4 is 5.32 Å². The van der Waals surface area contributed by atoms with Gasteiger partial charge >= 0.3 is 12.1 Å². The topological polar surface area (TPSA) is 90.9 Å². The number of rotatable bonds is 2. The Kier molecular flexibility index (Phi) is 6.07. The third-order valence-electron chi connectivity index (χ3n) is 3.59. The van der Waals surface area contributed by atoms with Gasteiger partial charge in [0.2, 0.25) is 0 Å². The lowest BCUT2D eigenvalue weighted by atomic mass is 9.98. The molecule has 0 unspecified atom stereocenters. The highest BCUT2D eigenvalue weighted by Crippen LogP contribution is 2.24. The summed E-state index contributed by atoms with van der Waals surface area (Å²) in [7, 11) is 0. The maximum atomic E-state index is 12.8. The fraction of sp³-hybridized carbons (Fsp3) is 0.400. The Bertz CT molecular complexity index is 694. The maximum Gasteiger partial charge on any atom is 0.490 e. The van der Waals surface area contributed by atoms with Crippen LogP contribution in [-0.4, -0.2) is 45.5 Å². The zero-order chi connectivity index (χ0) is 18.4. The molecule has 3 N–H and O–H groups in total. The SMILES string of the molecule is Fc1ccc(-c2nnc(C3CCNCC3)[nH]2)cc1.O=C(O)C(F)(F)F. The van der Waals surface area contributed by atoms with Crippen LogP contribution >= 0.6 is 0 Å². The lowest BCUT2D eigenvalue weighted by Crippen LogP contribution is -2.27. The molecule has 1 aliphatic heterocycles. The average Bonchev–Trinajstić information content (AvgIpc) is 3.06. The van der Waals surface area contributed by atoms with E-state index in [1.54, 1.807) is 12.1 Å². The summed E-state index contributed by atoms with van der Waals surface area (Å²) in [6.45, 7) is 2.05. The fourth-order valence-corrected chi connectivity index (χ4v) is 2.29. The number of carboxylic acid groups (broad SMARTS) is 1. The number of benzene rings is 1. The number of halogens is 4. The van der Waals surface area contributed by atoms with E-state index in [2.05, 4.69) is 20.5 Å². The number of carbonyl (C=O) groups is 1. The van der Waals surface area contributed by atoms with E-state index in [1.807, 2.05) is 0 Å². The second kappa shape index (κ2) is 8.06. The quantitative estimate of drug-likeness (QED) is 0.717. The first-order chi connectivity index (χ1) is 11.8. The number of aliphatic carboxylic acids is 1. The Hall–Kier alpha value is -2.49. The molecule has 0 spiro atoms. The summed E-state index contributed by atoms with van der Waals surface area (Å²) in [6, 6.07) is 6.29. The third kappa shape index (κ3) is 5.52. The highest BCUT2D eigenvalue weighted by atomic mass is 19.4. The predicted octanol–water partition coefficient (Wildman–Crippen LogP) is 2.71. The molecule has 1 saturated heterocycles. The van der Waals surface area contributed by atoms with Crippen LogP contribution in [0.3, 0.4) is 0 Å². The Morgan fingerprint density at radius 1 is 1.12 bits per heavy atom. The van der Waals surface area contributed by atoms with E-state index in [1.165, 1.54) is 12.1 Å². The first-order valence-corrected chi connectivity index (χ1v) is 7.46. The van der Waals surface area contributed by atoms with E-state index in [9.17, 15) is 17.6 Å². The van der Waals surface area contributed by atoms with Crippen molar-refractivity contribution in [3.63, 3.8) is 0 Å². The Balaban J connectivity index is 0.000000277. The minimum atomic E-state index is -5.08. The molecule has 136 valence electrons. The van der Waals surface area contributed by atoms with Gasteiger partial charge in [0.05, 0.1) is 0 Å². The van der Waals surface area contributed by atoms with E-state index in [4.69, 9.17) is 9.90 Å². The number of carboxylic acids is 1. The van der Waals surface area contributed by atoms with Gasteiger partial charge in [-0.3, -0.25) is 0 Å². The highest BCUT2D eigenvalue weighted by Gasteiger charge is 2.38. The molecule has 0 bridgehead atoms. The van der Waals surface area contributed by atoms with Crippen LogP contribution in [0.15, 0.2) is 24.3 Å². The first kappa shape index (κ1) is 18.8. The van der Waals surface area contributed by atoms with Crippen molar-refractivity contribution < 1.29 is 27.5 Å². The number of aromatic amines is 1. The second-order valence-corrected chi connectivity index (χ2v) is 5.39. The molecular formula is C15H16F4N4O2. The Labute approximate surface area is 140 Å². The number of nitrogens with zero attached hydrogens (tertiary/aromatic N) is 2. The van der Waals surface area contributed by atoms with Gasteiger partial charge in [0.1, 0.15) is 11.6 Å². The third-order valence-corrected chi connectivity index (χ3v) is 3.59. The lowest BCUT2D eigenvalue weighted by molar-refractivity contribution is -0.192. The number of H-pyrrole nitrogens is 1. The number of hydrogen-bond acceptors (Lipinski definition) is 4. The normalized spacial score (nSPS) is 15.4. The van der Waals surface area contributed by atoms with E-state index >= 15 is 0 Å². The monoisotopic (exact) mass is 360 g/mol. The van der Waals surface area contributed by atoms with Crippen molar-refractivity contribution in [1.29, 1.82) is 0 Å². The van der Waals surface area contributed by atoms with Crippen molar-refractivity contribution >= 4 is 5.97 Å². The predicted molar refractivity (Wildman–Crippen MR) is 80.3 cm³/mol. The summed E-state index contributed by atoms with van der Waals surface area (Å²) in [5.41, 5.74) is 0.865. The zero-order valence-electron chi connectivity index (χ0n) is 13.0. The minimum absolute atomic E-state index is 0.239. The van der Waals surface area contributed by atoms with Gasteiger partial charge in [-0.1, -0.05) is 0 Å². The van der Waals surface area contributed by atoms with Crippen LogP contribution in [0.5, 0.6) is 0 Å². The summed E-state index contributed by atoms with van der Waals surface area (Å²) in [4.78, 5) is 12.1. The number of nitrogens with one attached hydrogen (secondary N) is 2. The Morgan fingerprint density at radius 2 is 1.68 bits per heavy atom. The molecule has 1 fully saturated rings. The van der Waals surface area contributed by atoms with Gasteiger partial charge in [-0.15, -0.1) is 10.2 Å². The summed E-state index contributed by atoms with van der Waals surface area (Å²) >= 11 is 0. The first-order valence-electron chi connectivity index (χ1n) is 7.46. The van der Waals surface area contributed by atoms with Gasteiger partial charge in [0, 0.05) is 11.5 Å². The molecule has 0 radical (unpaired) electrons. The molecule has 0 aliphatic carbocycles. The van der Waals surface area contributed by atoms with Crippen molar-refractivity contribution in [2.75, 3.05) is 13.1 Å².